The Hall–Kier alpha value is -3.38. The highest BCUT2D eigenvalue weighted by atomic mass is 16.6. The molecule has 1 aromatic carbocycles. The number of hydrogen-bond acceptors (Lipinski definition) is 6. The van der Waals surface area contributed by atoms with E-state index in [9.17, 15) is 14.7 Å². The number of ether oxygens (including phenoxy) is 3. The fraction of sp³-hybridized carbons (Fsp3) is 0.526. The summed E-state index contributed by atoms with van der Waals surface area (Å²) in [6, 6.07) is 0. The van der Waals surface area contributed by atoms with Crippen LogP contribution in [0.15, 0.2) is 52.7 Å². The van der Waals surface area contributed by atoms with Crippen molar-refractivity contribution in [1.82, 2.24) is 0 Å². The largest absolute Gasteiger partial charge is 0.506 e. The van der Waals surface area contributed by atoms with E-state index in [4.69, 9.17) is 14.2 Å². The highest BCUT2D eigenvalue weighted by molar-refractivity contribution is 6.19. The van der Waals surface area contributed by atoms with E-state index < -0.39 is 28.3 Å². The summed E-state index contributed by atoms with van der Waals surface area (Å²) in [4.78, 5) is 29.0. The predicted octanol–water partition coefficient (Wildman–Crippen LogP) is 8.17. The summed E-state index contributed by atoms with van der Waals surface area (Å²) in [6.45, 7) is 18.3. The highest BCUT2D eigenvalue weighted by Gasteiger charge is 2.81. The van der Waals surface area contributed by atoms with Crippen molar-refractivity contribution in [2.24, 2.45) is 11.8 Å². The van der Waals surface area contributed by atoms with Gasteiger partial charge >= 0.3 is 0 Å². The molecule has 1 saturated carbocycles. The van der Waals surface area contributed by atoms with Crippen molar-refractivity contribution in [2.45, 2.75) is 117 Å². The molecule has 6 aliphatic rings. The number of Topliss-reactive ketones (excluding diaryl/α,β-unsaturated/α-hetero) is 2. The Balaban J connectivity index is 1.59. The van der Waals surface area contributed by atoms with Crippen LogP contribution in [-0.4, -0.2) is 39.1 Å². The molecule has 1 N–H and O–H groups in total. The lowest BCUT2D eigenvalue weighted by atomic mass is 9.51. The topological polar surface area (TPSA) is 82.1 Å². The van der Waals surface area contributed by atoms with Gasteiger partial charge in [-0.2, -0.15) is 0 Å². The van der Waals surface area contributed by atoms with Crippen LogP contribution in [0.2, 0.25) is 0 Å². The summed E-state index contributed by atoms with van der Waals surface area (Å²) in [7, 11) is 0. The molecule has 7 rings (SSSR count). The zero-order valence-electron chi connectivity index (χ0n) is 27.6. The minimum absolute atomic E-state index is 0.0316. The van der Waals surface area contributed by atoms with Gasteiger partial charge in [0, 0.05) is 29.4 Å². The van der Waals surface area contributed by atoms with Gasteiger partial charge in [-0.1, -0.05) is 41.0 Å². The molecule has 4 bridgehead atoms. The van der Waals surface area contributed by atoms with Gasteiger partial charge in [0.1, 0.15) is 28.4 Å². The van der Waals surface area contributed by atoms with E-state index in [0.29, 0.717) is 47.5 Å². The summed E-state index contributed by atoms with van der Waals surface area (Å²) < 4.78 is 20.8. The number of aromatic hydroxyl groups is 1. The van der Waals surface area contributed by atoms with Gasteiger partial charge in [0.2, 0.25) is 0 Å². The number of benzene rings is 1. The van der Waals surface area contributed by atoms with Crippen molar-refractivity contribution in [1.29, 1.82) is 0 Å². The van der Waals surface area contributed by atoms with Gasteiger partial charge in [-0.15, -0.1) is 0 Å². The van der Waals surface area contributed by atoms with Crippen LogP contribution < -0.4 is 9.47 Å². The third-order valence-electron chi connectivity index (χ3n) is 10.2. The number of carbonyl (C=O) groups excluding carboxylic acids is 2. The van der Waals surface area contributed by atoms with Gasteiger partial charge in [0.15, 0.2) is 22.8 Å². The van der Waals surface area contributed by atoms with E-state index in [0.717, 1.165) is 24.0 Å². The van der Waals surface area contributed by atoms with E-state index in [1.165, 1.54) is 5.57 Å². The molecule has 2 fully saturated rings. The molecule has 3 heterocycles. The normalized spacial score (nSPS) is 31.6. The summed E-state index contributed by atoms with van der Waals surface area (Å²) >= 11 is 0. The summed E-state index contributed by atoms with van der Waals surface area (Å²) in [5.41, 5.74) is 1.22. The summed E-state index contributed by atoms with van der Waals surface area (Å²) in [5.74, 6) is -0.296. The van der Waals surface area contributed by atoms with Gasteiger partial charge in [-0.3, -0.25) is 9.59 Å². The standard InChI is InChI=1S/C38H46O6/c1-21(2)11-10-16-36(9)17-15-25-30(39)29-31(40)27-19-24-20-28-35(7,8)44-37(34(24)41,18-14-23(5)6)38(27,28)43-33(29)26(32(25)42-36)13-12-22(3)4/h11-12,14-15,17,19,24,28,39H,10,13,16,18,20H2,1-9H3/t24-,28?,36-,37?,38-/m1/s1. The molecule has 1 spiro atoms. The lowest BCUT2D eigenvalue weighted by Crippen LogP contribution is -2.72. The minimum Gasteiger partial charge on any atom is -0.506 e. The number of ketones is 2. The molecule has 3 aliphatic heterocycles. The van der Waals surface area contributed by atoms with Crippen LogP contribution >= 0.6 is 0 Å². The molecule has 1 saturated heterocycles. The Morgan fingerprint density at radius 1 is 0.955 bits per heavy atom. The molecular weight excluding hydrogens is 552 g/mol. The first kappa shape index (κ1) is 30.6. The molecule has 5 atom stereocenters. The fourth-order valence-electron chi connectivity index (χ4n) is 8.14. The maximum absolute atomic E-state index is 14.7. The van der Waals surface area contributed by atoms with E-state index >= 15 is 0 Å². The van der Waals surface area contributed by atoms with Crippen LogP contribution in [0.3, 0.4) is 0 Å². The Labute approximate surface area is 261 Å². The Bertz CT molecular complexity index is 1620. The second kappa shape index (κ2) is 10.1. The quantitative estimate of drug-likeness (QED) is 0.319. The smallest absolute Gasteiger partial charge is 0.200 e. The maximum atomic E-state index is 14.7. The molecule has 0 radical (unpaired) electrons. The molecule has 234 valence electrons. The molecule has 44 heavy (non-hydrogen) atoms. The highest BCUT2D eigenvalue weighted by Crippen LogP contribution is 2.68. The van der Waals surface area contributed by atoms with Gasteiger partial charge in [-0.05, 0) is 100 Å². The number of rotatable bonds is 7. The lowest BCUT2D eigenvalue weighted by Gasteiger charge is -2.56. The molecule has 1 aromatic rings. The van der Waals surface area contributed by atoms with E-state index in [1.54, 1.807) is 6.08 Å². The summed E-state index contributed by atoms with van der Waals surface area (Å²) in [5, 5.41) is 11.8. The molecule has 2 unspecified atom stereocenters. The van der Waals surface area contributed by atoms with Crippen LogP contribution in [-0.2, 0) is 16.0 Å². The molecule has 3 aliphatic carbocycles. The minimum atomic E-state index is -1.35. The first-order valence-corrected chi connectivity index (χ1v) is 16.0. The fourth-order valence-corrected chi connectivity index (χ4v) is 8.14. The first-order chi connectivity index (χ1) is 20.6. The van der Waals surface area contributed by atoms with E-state index in [-0.39, 0.29) is 28.8 Å². The van der Waals surface area contributed by atoms with Gasteiger partial charge in [0.25, 0.3) is 0 Å². The van der Waals surface area contributed by atoms with Crippen molar-refractivity contribution in [2.75, 3.05) is 0 Å². The number of phenols is 1. The molecule has 0 aromatic heterocycles. The zero-order valence-corrected chi connectivity index (χ0v) is 27.6. The van der Waals surface area contributed by atoms with Crippen LogP contribution in [0.4, 0.5) is 0 Å². The van der Waals surface area contributed by atoms with Crippen molar-refractivity contribution >= 4 is 17.6 Å². The van der Waals surface area contributed by atoms with Gasteiger partial charge in [-0.25, -0.2) is 0 Å². The number of hydrogen-bond donors (Lipinski definition) is 1. The lowest BCUT2D eigenvalue weighted by molar-refractivity contribution is -0.171. The predicted molar refractivity (Wildman–Crippen MR) is 172 cm³/mol. The van der Waals surface area contributed by atoms with Crippen LogP contribution in [0.25, 0.3) is 6.08 Å². The molecule has 6 nitrogen and oxygen atoms in total. The molecule has 0 amide bonds. The third kappa shape index (κ3) is 4.23. The first-order valence-electron chi connectivity index (χ1n) is 16.0. The number of phenolic OH excluding ortho intramolecular Hbond substituents is 1. The van der Waals surface area contributed by atoms with Crippen molar-refractivity contribution in [3.05, 3.63) is 69.4 Å². The average Bonchev–Trinajstić information content (AvgIpc) is 3.08. The number of carbonyl (C=O) groups is 2. The van der Waals surface area contributed by atoms with Crippen molar-refractivity contribution < 1.29 is 28.9 Å². The second-order valence-electron chi connectivity index (χ2n) is 14.9. The van der Waals surface area contributed by atoms with Gasteiger partial charge in [0.05, 0.1) is 11.2 Å². The number of allylic oxidation sites excluding steroid dienone is 6. The van der Waals surface area contributed by atoms with Crippen molar-refractivity contribution in [3.63, 3.8) is 0 Å². The Morgan fingerprint density at radius 2 is 1.64 bits per heavy atom. The van der Waals surface area contributed by atoms with Crippen LogP contribution in [0.5, 0.6) is 17.2 Å². The van der Waals surface area contributed by atoms with Crippen LogP contribution in [0, 0.1) is 11.8 Å². The SMILES string of the molecule is CC(C)=CCC[C@]1(C)C=Cc2c(O)c3c(c(CC=C(C)C)c2O1)O[C@]12C(=C[C@@H]4CC1C(C)(C)OC2(CC=C(C)C)C4=O)C3=O. The zero-order chi connectivity index (χ0) is 32.0. The Morgan fingerprint density at radius 3 is 2.30 bits per heavy atom. The number of fused-ring (bicyclic) bond motifs is 2. The molecule has 6 heteroatoms. The van der Waals surface area contributed by atoms with Crippen LogP contribution in [0.1, 0.15) is 109 Å². The van der Waals surface area contributed by atoms with E-state index in [1.807, 2.05) is 66.7 Å². The second-order valence-corrected chi connectivity index (χ2v) is 14.9. The monoisotopic (exact) mass is 598 g/mol. The molecular formula is C38H46O6. The van der Waals surface area contributed by atoms with Crippen molar-refractivity contribution in [3.8, 4) is 17.2 Å². The summed E-state index contributed by atoms with van der Waals surface area (Å²) in [6.07, 6.45) is 14.9. The van der Waals surface area contributed by atoms with Gasteiger partial charge < -0.3 is 19.3 Å². The third-order valence-corrected chi connectivity index (χ3v) is 10.2. The maximum Gasteiger partial charge on any atom is 0.200 e. The Kier molecular flexibility index (Phi) is 7.01. The average molecular weight is 599 g/mol. The van der Waals surface area contributed by atoms with E-state index in [2.05, 4.69) is 26.0 Å².